The molecular weight excluding hydrogens is 306 g/mol. The lowest BCUT2D eigenvalue weighted by molar-refractivity contribution is 0.242. The van der Waals surface area contributed by atoms with Gasteiger partial charge in [-0.25, -0.2) is 0 Å². The molecule has 0 aliphatic heterocycles. The predicted molar refractivity (Wildman–Crippen MR) is 98.3 cm³/mol. The zero-order chi connectivity index (χ0) is 16.7. The van der Waals surface area contributed by atoms with Crippen LogP contribution in [0.25, 0.3) is 0 Å². The van der Waals surface area contributed by atoms with Gasteiger partial charge in [0.05, 0.1) is 11.1 Å². The molecule has 0 amide bonds. The first-order chi connectivity index (χ1) is 11.0. The van der Waals surface area contributed by atoms with Gasteiger partial charge in [0.15, 0.2) is 0 Å². The number of hydrogen-bond donors (Lipinski definition) is 1. The highest BCUT2D eigenvalue weighted by Gasteiger charge is 2.07. The third-order valence-corrected chi connectivity index (χ3v) is 4.02. The largest absolute Gasteiger partial charge is 0.489 e. The van der Waals surface area contributed by atoms with E-state index in [1.54, 1.807) is 0 Å². The minimum Gasteiger partial charge on any atom is -0.489 e. The topological polar surface area (TPSA) is 21.3 Å². The van der Waals surface area contributed by atoms with E-state index in [1.807, 2.05) is 26.0 Å². The molecule has 0 aliphatic rings. The van der Waals surface area contributed by atoms with Gasteiger partial charge in [0, 0.05) is 12.6 Å². The number of aryl methyl sites for hydroxylation is 1. The van der Waals surface area contributed by atoms with Crippen LogP contribution in [0, 0.1) is 0 Å². The zero-order valence-corrected chi connectivity index (χ0v) is 14.9. The van der Waals surface area contributed by atoms with Gasteiger partial charge < -0.3 is 10.1 Å². The molecule has 2 nitrogen and oxygen atoms in total. The van der Waals surface area contributed by atoms with Crippen LogP contribution in [0.1, 0.15) is 38.3 Å². The highest BCUT2D eigenvalue weighted by Crippen LogP contribution is 2.26. The lowest BCUT2D eigenvalue weighted by Crippen LogP contribution is -2.26. The van der Waals surface area contributed by atoms with Gasteiger partial charge in [-0.05, 0) is 56.9 Å². The molecule has 0 unspecified atom stereocenters. The summed E-state index contributed by atoms with van der Waals surface area (Å²) in [5.74, 6) is 0.752. The van der Waals surface area contributed by atoms with Crippen LogP contribution < -0.4 is 10.1 Å². The van der Waals surface area contributed by atoms with E-state index in [1.165, 1.54) is 11.1 Å². The molecule has 0 fully saturated rings. The van der Waals surface area contributed by atoms with Crippen LogP contribution in [-0.4, -0.2) is 12.1 Å². The van der Waals surface area contributed by atoms with Crippen LogP contribution in [0.2, 0.25) is 5.02 Å². The van der Waals surface area contributed by atoms with E-state index in [0.717, 1.165) is 25.1 Å². The standard InChI is InChI=1S/C20H26ClNO/c1-15(2)23-20-12-11-18(13-19(20)21)14-22-16(3)9-10-17-7-5-4-6-8-17/h4-8,11-13,15-16,22H,9-10,14H2,1-3H3/t16-/m1/s1. The number of nitrogens with one attached hydrogen (secondary N) is 1. The smallest absolute Gasteiger partial charge is 0.138 e. The van der Waals surface area contributed by atoms with Crippen LogP contribution in [-0.2, 0) is 13.0 Å². The van der Waals surface area contributed by atoms with E-state index < -0.39 is 0 Å². The van der Waals surface area contributed by atoms with E-state index in [-0.39, 0.29) is 6.10 Å². The first-order valence-electron chi connectivity index (χ1n) is 8.27. The van der Waals surface area contributed by atoms with E-state index in [4.69, 9.17) is 16.3 Å². The molecule has 3 heteroatoms. The maximum atomic E-state index is 6.28. The fraction of sp³-hybridized carbons (Fsp3) is 0.400. The molecule has 23 heavy (non-hydrogen) atoms. The van der Waals surface area contributed by atoms with Crippen molar-refractivity contribution in [2.45, 2.75) is 52.3 Å². The van der Waals surface area contributed by atoms with Crippen molar-refractivity contribution in [3.63, 3.8) is 0 Å². The van der Waals surface area contributed by atoms with Gasteiger partial charge in [0.2, 0.25) is 0 Å². The second-order valence-electron chi connectivity index (χ2n) is 6.24. The average molecular weight is 332 g/mol. The number of hydrogen-bond acceptors (Lipinski definition) is 2. The Labute approximate surface area is 144 Å². The molecule has 124 valence electrons. The highest BCUT2D eigenvalue weighted by molar-refractivity contribution is 6.32. The van der Waals surface area contributed by atoms with Gasteiger partial charge in [-0.15, -0.1) is 0 Å². The molecule has 0 saturated heterocycles. The summed E-state index contributed by atoms with van der Waals surface area (Å²) in [6.45, 7) is 7.04. The van der Waals surface area contributed by atoms with Crippen molar-refractivity contribution in [3.8, 4) is 5.75 Å². The summed E-state index contributed by atoms with van der Waals surface area (Å²) in [6.07, 6.45) is 2.35. The fourth-order valence-corrected chi connectivity index (χ4v) is 2.67. The lowest BCUT2D eigenvalue weighted by atomic mass is 10.1. The minimum absolute atomic E-state index is 0.134. The molecule has 0 aliphatic carbocycles. The monoisotopic (exact) mass is 331 g/mol. The Morgan fingerprint density at radius 1 is 1.00 bits per heavy atom. The van der Waals surface area contributed by atoms with Crippen LogP contribution in [0.4, 0.5) is 0 Å². The van der Waals surface area contributed by atoms with Gasteiger partial charge in [-0.2, -0.15) is 0 Å². The first kappa shape index (κ1) is 17.8. The Hall–Kier alpha value is -1.51. The van der Waals surface area contributed by atoms with E-state index >= 15 is 0 Å². The normalized spacial score (nSPS) is 12.4. The van der Waals surface area contributed by atoms with Gasteiger partial charge in [-0.3, -0.25) is 0 Å². The summed E-state index contributed by atoms with van der Waals surface area (Å²) in [5, 5.41) is 4.23. The van der Waals surface area contributed by atoms with Gasteiger partial charge >= 0.3 is 0 Å². The SMILES string of the molecule is CC(C)Oc1ccc(CN[C@H](C)CCc2ccccc2)cc1Cl. The summed E-state index contributed by atoms with van der Waals surface area (Å²) in [7, 11) is 0. The van der Waals surface area contributed by atoms with E-state index in [9.17, 15) is 0 Å². The molecule has 2 aromatic rings. The van der Waals surface area contributed by atoms with Crippen molar-refractivity contribution >= 4 is 11.6 Å². The predicted octanol–water partition coefficient (Wildman–Crippen LogP) is 5.24. The summed E-state index contributed by atoms with van der Waals surface area (Å²) in [6, 6.07) is 17.1. The first-order valence-corrected chi connectivity index (χ1v) is 8.65. The molecule has 0 radical (unpaired) electrons. The zero-order valence-electron chi connectivity index (χ0n) is 14.2. The van der Waals surface area contributed by atoms with Gasteiger partial charge in [-0.1, -0.05) is 48.0 Å². The van der Waals surface area contributed by atoms with Crippen LogP contribution in [0.15, 0.2) is 48.5 Å². The van der Waals surface area contributed by atoms with Gasteiger partial charge in [0.25, 0.3) is 0 Å². The second-order valence-corrected chi connectivity index (χ2v) is 6.64. The number of rotatable bonds is 8. The maximum absolute atomic E-state index is 6.28. The molecule has 1 N–H and O–H groups in total. The molecule has 0 heterocycles. The average Bonchev–Trinajstić information content (AvgIpc) is 2.54. The quantitative estimate of drug-likeness (QED) is 0.714. The van der Waals surface area contributed by atoms with Gasteiger partial charge in [0.1, 0.15) is 5.75 Å². The Balaban J connectivity index is 1.79. The Morgan fingerprint density at radius 3 is 2.39 bits per heavy atom. The van der Waals surface area contributed by atoms with E-state index in [0.29, 0.717) is 11.1 Å². The Morgan fingerprint density at radius 2 is 1.74 bits per heavy atom. The van der Waals surface area contributed by atoms with Crippen LogP contribution in [0.3, 0.4) is 0 Å². The van der Waals surface area contributed by atoms with Crippen molar-refractivity contribution in [1.82, 2.24) is 5.32 Å². The Kier molecular flexibility index (Phi) is 6.94. The summed E-state index contributed by atoms with van der Waals surface area (Å²) < 4.78 is 5.66. The lowest BCUT2D eigenvalue weighted by Gasteiger charge is -2.15. The van der Waals surface area contributed by atoms with Crippen molar-refractivity contribution in [1.29, 1.82) is 0 Å². The highest BCUT2D eigenvalue weighted by atomic mass is 35.5. The van der Waals surface area contributed by atoms with Crippen molar-refractivity contribution < 1.29 is 4.74 Å². The molecule has 2 rings (SSSR count). The molecule has 2 aromatic carbocycles. The summed E-state index contributed by atoms with van der Waals surface area (Å²) in [4.78, 5) is 0. The minimum atomic E-state index is 0.134. The van der Waals surface area contributed by atoms with E-state index in [2.05, 4.69) is 48.6 Å². The van der Waals surface area contributed by atoms with Crippen molar-refractivity contribution in [2.75, 3.05) is 0 Å². The van der Waals surface area contributed by atoms with Crippen LogP contribution >= 0.6 is 11.6 Å². The Bertz CT molecular complexity index is 598. The second kappa shape index (κ2) is 8.95. The molecule has 0 bridgehead atoms. The third-order valence-electron chi connectivity index (χ3n) is 3.72. The van der Waals surface area contributed by atoms with Crippen molar-refractivity contribution in [2.24, 2.45) is 0 Å². The third kappa shape index (κ3) is 6.25. The number of benzene rings is 2. The van der Waals surface area contributed by atoms with Crippen molar-refractivity contribution in [3.05, 3.63) is 64.7 Å². The molecule has 1 atom stereocenters. The molecule has 0 aromatic heterocycles. The maximum Gasteiger partial charge on any atom is 0.138 e. The molecule has 0 spiro atoms. The molecular formula is C20H26ClNO. The molecule has 0 saturated carbocycles. The summed E-state index contributed by atoms with van der Waals surface area (Å²) in [5.41, 5.74) is 2.57. The summed E-state index contributed by atoms with van der Waals surface area (Å²) >= 11 is 6.28. The number of halogens is 1. The van der Waals surface area contributed by atoms with Crippen LogP contribution in [0.5, 0.6) is 5.75 Å². The fourth-order valence-electron chi connectivity index (χ4n) is 2.43. The number of ether oxygens (including phenoxy) is 1.